The molecule has 94 valence electrons. The van der Waals surface area contributed by atoms with Crippen LogP contribution in [0.4, 0.5) is 0 Å². The molecule has 0 unspecified atom stereocenters. The minimum atomic E-state index is 0.709. The summed E-state index contributed by atoms with van der Waals surface area (Å²) in [5.74, 6) is 0. The smallest absolute Gasteiger partial charge is 0.187 e. The second-order valence-corrected chi connectivity index (χ2v) is 4.49. The molecule has 0 fully saturated rings. The standard InChI is InChI=1S/C13H10N4OS/c1-19-13-14-7-5-11(16-13)9-3-2-4-10(15-9)12-6-8-18-17-12/h2-8H,1H3. The Bertz CT molecular complexity index is 685. The molecule has 5 nitrogen and oxygen atoms in total. The largest absolute Gasteiger partial charge is 0.364 e. The van der Waals surface area contributed by atoms with Gasteiger partial charge < -0.3 is 4.52 Å². The summed E-state index contributed by atoms with van der Waals surface area (Å²) in [5, 5.41) is 4.61. The van der Waals surface area contributed by atoms with Crippen LogP contribution in [0, 0.1) is 0 Å². The monoisotopic (exact) mass is 270 g/mol. The maximum absolute atomic E-state index is 4.83. The summed E-state index contributed by atoms with van der Waals surface area (Å²) in [6.45, 7) is 0. The van der Waals surface area contributed by atoms with Crippen LogP contribution in [0.2, 0.25) is 0 Å². The summed E-state index contributed by atoms with van der Waals surface area (Å²) in [6.07, 6.45) is 5.21. The molecule has 19 heavy (non-hydrogen) atoms. The van der Waals surface area contributed by atoms with Crippen LogP contribution < -0.4 is 0 Å². The van der Waals surface area contributed by atoms with Crippen LogP contribution in [0.25, 0.3) is 22.8 Å². The highest BCUT2D eigenvalue weighted by molar-refractivity contribution is 7.98. The molecule has 0 bridgehead atoms. The Kier molecular flexibility index (Phi) is 3.24. The van der Waals surface area contributed by atoms with Crippen LogP contribution in [0.3, 0.4) is 0 Å². The highest BCUT2D eigenvalue weighted by Gasteiger charge is 2.07. The normalized spacial score (nSPS) is 10.6. The second kappa shape index (κ2) is 5.19. The minimum absolute atomic E-state index is 0.709. The molecular weight excluding hydrogens is 260 g/mol. The molecule has 0 amide bonds. The molecule has 0 aromatic carbocycles. The van der Waals surface area contributed by atoms with Gasteiger partial charge in [-0.3, -0.25) is 0 Å². The van der Waals surface area contributed by atoms with E-state index in [1.807, 2.05) is 30.5 Å². The lowest BCUT2D eigenvalue weighted by Crippen LogP contribution is -1.92. The maximum Gasteiger partial charge on any atom is 0.187 e. The van der Waals surface area contributed by atoms with E-state index >= 15 is 0 Å². The van der Waals surface area contributed by atoms with Crippen molar-refractivity contribution in [2.24, 2.45) is 0 Å². The zero-order chi connectivity index (χ0) is 13.1. The molecule has 3 aromatic rings. The molecule has 0 saturated carbocycles. The van der Waals surface area contributed by atoms with E-state index in [-0.39, 0.29) is 0 Å². The van der Waals surface area contributed by atoms with Crippen molar-refractivity contribution in [3.63, 3.8) is 0 Å². The molecule has 6 heteroatoms. The molecule has 3 heterocycles. The van der Waals surface area contributed by atoms with Crippen molar-refractivity contribution in [2.45, 2.75) is 5.16 Å². The third-order valence-electron chi connectivity index (χ3n) is 2.53. The average Bonchev–Trinajstić information content (AvgIpc) is 3.02. The molecule has 0 aliphatic heterocycles. The molecule has 0 aliphatic carbocycles. The molecule has 0 N–H and O–H groups in total. The Balaban J connectivity index is 2.03. The van der Waals surface area contributed by atoms with Gasteiger partial charge >= 0.3 is 0 Å². The van der Waals surface area contributed by atoms with E-state index in [1.54, 1.807) is 12.3 Å². The van der Waals surface area contributed by atoms with Crippen molar-refractivity contribution in [3.8, 4) is 22.8 Å². The number of hydrogen-bond donors (Lipinski definition) is 0. The highest BCUT2D eigenvalue weighted by atomic mass is 32.2. The van der Waals surface area contributed by atoms with Gasteiger partial charge in [-0.25, -0.2) is 15.0 Å². The van der Waals surface area contributed by atoms with Gasteiger partial charge in [0.2, 0.25) is 0 Å². The van der Waals surface area contributed by atoms with Gasteiger partial charge in [0.1, 0.15) is 12.0 Å². The lowest BCUT2D eigenvalue weighted by molar-refractivity contribution is 0.422. The van der Waals surface area contributed by atoms with E-state index in [4.69, 9.17) is 4.52 Å². The van der Waals surface area contributed by atoms with E-state index < -0.39 is 0 Å². The highest BCUT2D eigenvalue weighted by Crippen LogP contribution is 2.21. The Labute approximate surface area is 114 Å². The van der Waals surface area contributed by atoms with Crippen LogP contribution in [0.15, 0.2) is 52.5 Å². The first-order valence-corrected chi connectivity index (χ1v) is 6.84. The van der Waals surface area contributed by atoms with Gasteiger partial charge in [0.05, 0.1) is 17.1 Å². The predicted octanol–water partition coefficient (Wildman–Crippen LogP) is 2.92. The molecule has 0 spiro atoms. The van der Waals surface area contributed by atoms with E-state index in [9.17, 15) is 0 Å². The topological polar surface area (TPSA) is 64.7 Å². The summed E-state index contributed by atoms with van der Waals surface area (Å²) < 4.78 is 4.83. The zero-order valence-electron chi connectivity index (χ0n) is 10.1. The predicted molar refractivity (Wildman–Crippen MR) is 72.5 cm³/mol. The summed E-state index contributed by atoms with van der Waals surface area (Å²) >= 11 is 1.50. The summed E-state index contributed by atoms with van der Waals surface area (Å²) in [6, 6.07) is 9.34. The van der Waals surface area contributed by atoms with Gasteiger partial charge in [-0.05, 0) is 24.5 Å². The Hall–Kier alpha value is -2.21. The minimum Gasteiger partial charge on any atom is -0.364 e. The SMILES string of the molecule is CSc1nccc(-c2cccc(-c3ccon3)n2)n1. The lowest BCUT2D eigenvalue weighted by Gasteiger charge is -2.03. The number of aromatic nitrogens is 4. The van der Waals surface area contributed by atoms with Crippen molar-refractivity contribution in [1.29, 1.82) is 0 Å². The summed E-state index contributed by atoms with van der Waals surface area (Å²) in [7, 11) is 0. The molecule has 0 aliphatic rings. The van der Waals surface area contributed by atoms with Crippen molar-refractivity contribution < 1.29 is 4.52 Å². The average molecular weight is 270 g/mol. The fraction of sp³-hybridized carbons (Fsp3) is 0.0769. The fourth-order valence-electron chi connectivity index (χ4n) is 1.65. The van der Waals surface area contributed by atoms with E-state index in [2.05, 4.69) is 20.1 Å². The Morgan fingerprint density at radius 3 is 2.47 bits per heavy atom. The molecule has 0 atom stereocenters. The fourth-order valence-corrected chi connectivity index (χ4v) is 2.00. The number of hydrogen-bond acceptors (Lipinski definition) is 6. The molecule has 0 radical (unpaired) electrons. The van der Waals surface area contributed by atoms with Crippen LogP contribution in [0.5, 0.6) is 0 Å². The third kappa shape index (κ3) is 2.48. The first kappa shape index (κ1) is 11.9. The molecular formula is C13H10N4OS. The van der Waals surface area contributed by atoms with Crippen LogP contribution >= 0.6 is 11.8 Å². The van der Waals surface area contributed by atoms with E-state index in [1.165, 1.54) is 18.0 Å². The first-order chi connectivity index (χ1) is 9.36. The summed E-state index contributed by atoms with van der Waals surface area (Å²) in [4.78, 5) is 13.1. The van der Waals surface area contributed by atoms with Gasteiger partial charge in [-0.15, -0.1) is 0 Å². The second-order valence-electron chi connectivity index (χ2n) is 3.72. The molecule has 3 aromatic heterocycles. The number of pyridine rings is 1. The van der Waals surface area contributed by atoms with Gasteiger partial charge in [0.15, 0.2) is 5.16 Å². The van der Waals surface area contributed by atoms with Crippen molar-refractivity contribution in [3.05, 3.63) is 42.8 Å². The number of rotatable bonds is 3. The van der Waals surface area contributed by atoms with Gasteiger partial charge in [-0.1, -0.05) is 23.0 Å². The van der Waals surface area contributed by atoms with Crippen molar-refractivity contribution in [1.82, 2.24) is 20.1 Å². The van der Waals surface area contributed by atoms with Crippen LogP contribution in [-0.2, 0) is 0 Å². The van der Waals surface area contributed by atoms with E-state index in [0.29, 0.717) is 5.69 Å². The molecule has 0 saturated heterocycles. The number of nitrogens with zero attached hydrogens (tertiary/aromatic N) is 4. The Morgan fingerprint density at radius 1 is 0.947 bits per heavy atom. The van der Waals surface area contributed by atoms with E-state index in [0.717, 1.165) is 22.2 Å². The maximum atomic E-state index is 4.83. The van der Waals surface area contributed by atoms with Crippen molar-refractivity contribution >= 4 is 11.8 Å². The van der Waals surface area contributed by atoms with Crippen molar-refractivity contribution in [2.75, 3.05) is 6.26 Å². The molecule has 3 rings (SSSR count). The van der Waals surface area contributed by atoms with Crippen LogP contribution in [-0.4, -0.2) is 26.4 Å². The quantitative estimate of drug-likeness (QED) is 0.538. The lowest BCUT2D eigenvalue weighted by atomic mass is 10.2. The summed E-state index contributed by atoms with van der Waals surface area (Å²) in [5.41, 5.74) is 3.06. The number of thioether (sulfide) groups is 1. The first-order valence-electron chi connectivity index (χ1n) is 5.62. The third-order valence-corrected chi connectivity index (χ3v) is 3.09. The van der Waals surface area contributed by atoms with Gasteiger partial charge in [0.25, 0.3) is 0 Å². The zero-order valence-corrected chi connectivity index (χ0v) is 11.0. The van der Waals surface area contributed by atoms with Gasteiger partial charge in [-0.2, -0.15) is 0 Å². The van der Waals surface area contributed by atoms with Crippen LogP contribution in [0.1, 0.15) is 0 Å². The Morgan fingerprint density at radius 2 is 1.74 bits per heavy atom. The van der Waals surface area contributed by atoms with Gasteiger partial charge in [0, 0.05) is 12.3 Å².